The first-order chi connectivity index (χ1) is 13.4. The van der Waals surface area contributed by atoms with E-state index < -0.39 is 12.1 Å². The molecule has 1 amide bonds. The summed E-state index contributed by atoms with van der Waals surface area (Å²) in [6.45, 7) is 2.80. The fourth-order valence-corrected chi connectivity index (χ4v) is 3.29. The van der Waals surface area contributed by atoms with E-state index in [0.29, 0.717) is 6.61 Å². The molecule has 0 unspecified atom stereocenters. The lowest BCUT2D eigenvalue weighted by Gasteiger charge is -2.31. The van der Waals surface area contributed by atoms with Crippen LogP contribution < -0.4 is 5.32 Å². The van der Waals surface area contributed by atoms with Gasteiger partial charge in [0, 0.05) is 20.0 Å². The van der Waals surface area contributed by atoms with Crippen molar-refractivity contribution in [1.82, 2.24) is 10.2 Å². The lowest BCUT2D eigenvalue weighted by Crippen LogP contribution is -2.43. The third kappa shape index (κ3) is 6.58. The summed E-state index contributed by atoms with van der Waals surface area (Å²) in [4.78, 5) is 25.8. The van der Waals surface area contributed by atoms with Gasteiger partial charge in [0.2, 0.25) is 5.91 Å². The van der Waals surface area contributed by atoms with Crippen molar-refractivity contribution in [3.63, 3.8) is 0 Å². The normalized spacial score (nSPS) is 25.9. The summed E-state index contributed by atoms with van der Waals surface area (Å²) in [6, 6.07) is 9.59. The van der Waals surface area contributed by atoms with Crippen LogP contribution in [-0.4, -0.2) is 76.0 Å². The number of cyclic esters (lactones) is 1. The van der Waals surface area contributed by atoms with E-state index in [1.54, 1.807) is 21.1 Å². The van der Waals surface area contributed by atoms with Crippen LogP contribution in [0.15, 0.2) is 30.3 Å². The van der Waals surface area contributed by atoms with Gasteiger partial charge in [0.15, 0.2) is 0 Å². The Hall–Kier alpha value is -1.96. The number of likely N-dealkylation sites (N-methyl/N-ethyl adjacent to an activating group) is 1. The van der Waals surface area contributed by atoms with Gasteiger partial charge in [-0.15, -0.1) is 0 Å². The molecule has 2 rings (SSSR count). The van der Waals surface area contributed by atoms with E-state index >= 15 is 0 Å². The highest BCUT2D eigenvalue weighted by molar-refractivity contribution is 5.76. The molecule has 1 N–H and O–H groups in total. The lowest BCUT2D eigenvalue weighted by molar-refractivity contribution is -0.161. The molecular weight excluding hydrogens is 360 g/mol. The molecule has 7 heteroatoms. The highest BCUT2D eigenvalue weighted by atomic mass is 16.6. The van der Waals surface area contributed by atoms with Crippen molar-refractivity contribution in [2.24, 2.45) is 5.92 Å². The van der Waals surface area contributed by atoms with Crippen LogP contribution in [0.3, 0.4) is 0 Å². The number of hydrogen-bond acceptors (Lipinski definition) is 6. The van der Waals surface area contributed by atoms with Crippen LogP contribution in [0.4, 0.5) is 0 Å². The largest absolute Gasteiger partial charge is 0.459 e. The number of nitrogens with one attached hydrogen (secondary N) is 1. The Morgan fingerprint density at radius 2 is 1.96 bits per heavy atom. The molecule has 1 aliphatic heterocycles. The highest BCUT2D eigenvalue weighted by Crippen LogP contribution is 2.22. The Bertz CT molecular complexity index is 622. The standard InChI is InChI=1S/C21H32N2O5/c1-15-20(27-11-10-19(24)23(3)4)17(12-16-8-6-5-7-9-16)13-26-14-18(22-2)21(25)28-15/h5-9,15,17-18,20,22H,10-14H2,1-4H3/t15-,17-,18-,20-/m0/s1. The number of hydrogen-bond donors (Lipinski definition) is 1. The minimum atomic E-state index is -0.506. The van der Waals surface area contributed by atoms with Crippen LogP contribution in [0, 0.1) is 5.92 Å². The van der Waals surface area contributed by atoms with Crippen molar-refractivity contribution in [1.29, 1.82) is 0 Å². The quantitative estimate of drug-likeness (QED) is 0.704. The molecular formula is C21H32N2O5. The molecule has 7 nitrogen and oxygen atoms in total. The van der Waals surface area contributed by atoms with Crippen molar-refractivity contribution in [3.05, 3.63) is 35.9 Å². The van der Waals surface area contributed by atoms with E-state index in [1.807, 2.05) is 25.1 Å². The van der Waals surface area contributed by atoms with Crippen LogP contribution in [0.1, 0.15) is 18.9 Å². The van der Waals surface area contributed by atoms with E-state index in [2.05, 4.69) is 17.4 Å². The molecule has 0 bridgehead atoms. The number of benzene rings is 1. The van der Waals surface area contributed by atoms with Gasteiger partial charge in [-0.3, -0.25) is 9.59 Å². The van der Waals surface area contributed by atoms with E-state index in [9.17, 15) is 9.59 Å². The Balaban J connectivity index is 2.14. The van der Waals surface area contributed by atoms with E-state index in [1.165, 1.54) is 4.90 Å². The second-order valence-electron chi connectivity index (χ2n) is 7.34. The van der Waals surface area contributed by atoms with Gasteiger partial charge >= 0.3 is 5.97 Å². The molecule has 1 aromatic carbocycles. The zero-order chi connectivity index (χ0) is 20.5. The molecule has 4 atom stereocenters. The molecule has 0 aliphatic carbocycles. The van der Waals surface area contributed by atoms with Gasteiger partial charge in [-0.25, -0.2) is 0 Å². The molecule has 1 saturated heterocycles. The second-order valence-corrected chi connectivity index (χ2v) is 7.34. The lowest BCUT2D eigenvalue weighted by atomic mass is 9.91. The molecule has 0 radical (unpaired) electrons. The Morgan fingerprint density at radius 1 is 1.25 bits per heavy atom. The molecule has 1 aliphatic rings. The minimum absolute atomic E-state index is 0.00109. The monoisotopic (exact) mass is 392 g/mol. The number of rotatable bonds is 7. The average molecular weight is 392 g/mol. The first kappa shape index (κ1) is 22.3. The van der Waals surface area contributed by atoms with Crippen molar-refractivity contribution >= 4 is 11.9 Å². The Kier molecular flexibility index (Phi) is 8.89. The number of nitrogens with zero attached hydrogens (tertiary/aromatic N) is 1. The molecule has 1 heterocycles. The van der Waals surface area contributed by atoms with Crippen LogP contribution in [0.5, 0.6) is 0 Å². The fraction of sp³-hybridized carbons (Fsp3) is 0.619. The Labute approximate surface area is 167 Å². The first-order valence-corrected chi connectivity index (χ1v) is 9.73. The number of carbonyl (C=O) groups is 2. The van der Waals surface area contributed by atoms with Gasteiger partial charge in [-0.1, -0.05) is 30.3 Å². The third-order valence-corrected chi connectivity index (χ3v) is 4.94. The number of ether oxygens (including phenoxy) is 3. The predicted octanol–water partition coefficient (Wildman–Crippen LogP) is 1.26. The first-order valence-electron chi connectivity index (χ1n) is 9.73. The van der Waals surface area contributed by atoms with Crippen molar-refractivity contribution in [2.45, 2.75) is 38.0 Å². The van der Waals surface area contributed by atoms with Gasteiger partial charge in [0.05, 0.1) is 32.3 Å². The van der Waals surface area contributed by atoms with Crippen molar-refractivity contribution in [2.75, 3.05) is 41.0 Å². The molecule has 0 spiro atoms. The van der Waals surface area contributed by atoms with Crippen LogP contribution in [-0.2, 0) is 30.2 Å². The van der Waals surface area contributed by atoms with Crippen LogP contribution >= 0.6 is 0 Å². The number of carbonyl (C=O) groups excluding carboxylic acids is 2. The third-order valence-electron chi connectivity index (χ3n) is 4.94. The van der Waals surface area contributed by atoms with E-state index in [0.717, 1.165) is 12.0 Å². The van der Waals surface area contributed by atoms with Gasteiger partial charge in [0.1, 0.15) is 12.1 Å². The Morgan fingerprint density at radius 3 is 2.61 bits per heavy atom. The molecule has 0 saturated carbocycles. The zero-order valence-corrected chi connectivity index (χ0v) is 17.2. The van der Waals surface area contributed by atoms with Gasteiger partial charge < -0.3 is 24.4 Å². The topological polar surface area (TPSA) is 77.1 Å². The smallest absolute Gasteiger partial charge is 0.325 e. The maximum atomic E-state index is 12.4. The summed E-state index contributed by atoms with van der Waals surface area (Å²) in [5.41, 5.74) is 1.16. The van der Waals surface area contributed by atoms with Crippen molar-refractivity contribution in [3.8, 4) is 0 Å². The zero-order valence-electron chi connectivity index (χ0n) is 17.2. The van der Waals surface area contributed by atoms with Gasteiger partial charge in [-0.2, -0.15) is 0 Å². The summed E-state index contributed by atoms with van der Waals surface area (Å²) in [6.07, 6.45) is 0.199. The summed E-state index contributed by atoms with van der Waals surface area (Å²) in [5.74, 6) is -0.359. The van der Waals surface area contributed by atoms with Crippen molar-refractivity contribution < 1.29 is 23.8 Å². The maximum absolute atomic E-state index is 12.4. The fourth-order valence-electron chi connectivity index (χ4n) is 3.29. The summed E-state index contributed by atoms with van der Waals surface area (Å²) < 4.78 is 17.6. The molecule has 1 aromatic rings. The van der Waals surface area contributed by atoms with E-state index in [4.69, 9.17) is 14.2 Å². The molecule has 1 fully saturated rings. The van der Waals surface area contributed by atoms with E-state index in [-0.39, 0.29) is 43.5 Å². The minimum Gasteiger partial charge on any atom is -0.459 e. The predicted molar refractivity (Wildman–Crippen MR) is 106 cm³/mol. The van der Waals surface area contributed by atoms with Crippen LogP contribution in [0.2, 0.25) is 0 Å². The second kappa shape index (κ2) is 11.1. The summed E-state index contributed by atoms with van der Waals surface area (Å²) in [7, 11) is 5.15. The summed E-state index contributed by atoms with van der Waals surface area (Å²) >= 11 is 0. The van der Waals surface area contributed by atoms with Crippen LogP contribution in [0.25, 0.3) is 0 Å². The maximum Gasteiger partial charge on any atom is 0.325 e. The molecule has 28 heavy (non-hydrogen) atoms. The molecule has 156 valence electrons. The number of amides is 1. The SMILES string of the molecule is CN[C@H]1COC[C@H](Cc2ccccc2)[C@@H](OCCC(=O)N(C)C)[C@H](C)OC1=O. The van der Waals surface area contributed by atoms with Gasteiger partial charge in [-0.05, 0) is 26.0 Å². The highest BCUT2D eigenvalue weighted by Gasteiger charge is 2.34. The summed E-state index contributed by atoms with van der Waals surface area (Å²) in [5, 5.41) is 2.93. The van der Waals surface area contributed by atoms with Gasteiger partial charge in [0.25, 0.3) is 0 Å². The number of esters is 1. The molecule has 0 aromatic heterocycles. The average Bonchev–Trinajstić information content (AvgIpc) is 2.72.